The molecule has 0 N–H and O–H groups in total. The molecular weight excluding hydrogens is 190 g/mol. The van der Waals surface area contributed by atoms with Gasteiger partial charge in [0.25, 0.3) is 0 Å². The molecule has 0 rings (SSSR count). The van der Waals surface area contributed by atoms with E-state index in [1.165, 1.54) is 0 Å². The molecule has 0 fully saturated rings. The summed E-state index contributed by atoms with van der Waals surface area (Å²) in [6.45, 7) is 0. The molecule has 0 aliphatic carbocycles. The van der Waals surface area contributed by atoms with E-state index in [1.54, 1.807) is 0 Å². The summed E-state index contributed by atoms with van der Waals surface area (Å²) in [5, 5.41) is 0. The molecule has 0 saturated heterocycles. The van der Waals surface area contributed by atoms with E-state index in [2.05, 4.69) is 0 Å². The minimum Gasteiger partial charge on any atom is 0 e. The van der Waals surface area contributed by atoms with Gasteiger partial charge in [-0.1, -0.05) is 0 Å². The van der Waals surface area contributed by atoms with E-state index < -0.39 is 0 Å². The van der Waals surface area contributed by atoms with Crippen LogP contribution in [0.25, 0.3) is 0 Å². The summed E-state index contributed by atoms with van der Waals surface area (Å²) >= 11 is 0. The van der Waals surface area contributed by atoms with Crippen LogP contribution in [0.5, 0.6) is 0 Å². The van der Waals surface area contributed by atoms with Crippen molar-refractivity contribution in [2.24, 2.45) is 0 Å². The first-order chi connectivity index (χ1) is 0. The topological polar surface area (TPSA) is 0 Å². The molecule has 0 atom stereocenters. The van der Waals surface area contributed by atoms with Crippen molar-refractivity contribution >= 4 is 17.4 Å². The molecule has 0 unspecified atom stereocenters. The zero-order chi connectivity index (χ0) is 0. The fourth-order valence-corrected chi connectivity index (χ4v) is 0. The van der Waals surface area contributed by atoms with Crippen molar-refractivity contribution in [3.8, 4) is 0 Å². The van der Waals surface area contributed by atoms with Crippen molar-refractivity contribution in [2.75, 3.05) is 0 Å². The summed E-state index contributed by atoms with van der Waals surface area (Å²) in [4.78, 5) is 0. The van der Waals surface area contributed by atoms with Gasteiger partial charge >= 0.3 is 0 Å². The molecule has 0 bridgehead atoms. The van der Waals surface area contributed by atoms with E-state index >= 15 is 0 Å². The van der Waals surface area contributed by atoms with Crippen LogP contribution in [-0.2, 0) is 59.1 Å². The van der Waals surface area contributed by atoms with Crippen molar-refractivity contribution < 1.29 is 59.1 Å². The van der Waals surface area contributed by atoms with Gasteiger partial charge in [-0.2, -0.15) is 0 Å². The Kier molecular flexibility index (Phi) is 147. The first-order valence-corrected chi connectivity index (χ1v) is 0. The molecule has 0 aromatic heterocycles. The van der Waals surface area contributed by atoms with Gasteiger partial charge in [0.2, 0.25) is 0 Å². The number of hydrogen-bond acceptors (Lipinski definition) is 0. The summed E-state index contributed by atoms with van der Waals surface area (Å²) < 4.78 is 0. The maximum Gasteiger partial charge on any atom is 0.187 e. The maximum absolute atomic E-state index is 0. The quantitative estimate of drug-likeness (QED) is 0.424. The van der Waals surface area contributed by atoms with Crippen LogP contribution < -0.4 is 0 Å². The smallest absolute Gasteiger partial charge is 0 e. The molecule has 0 aromatic carbocycles. The third-order valence-corrected chi connectivity index (χ3v) is 0. The molecule has 0 aliphatic heterocycles. The van der Waals surface area contributed by atoms with Crippen molar-refractivity contribution in [1.82, 2.24) is 0 Å². The van der Waals surface area contributed by atoms with Gasteiger partial charge in [0.05, 0.1) is 0 Å². The van der Waals surface area contributed by atoms with Gasteiger partial charge in [0, 0.05) is 59.1 Å². The van der Waals surface area contributed by atoms with Crippen molar-refractivity contribution in [3.05, 3.63) is 0 Å². The van der Waals surface area contributed by atoms with Gasteiger partial charge in [0.15, 0.2) is 17.4 Å². The largest absolute Gasteiger partial charge is 0.187 e. The summed E-state index contributed by atoms with van der Waals surface area (Å²) in [5.74, 6) is 0. The predicted octanol–water partition coefficient (Wildman–Crippen LogP) is -1.19. The van der Waals surface area contributed by atoms with Crippen LogP contribution >= 0.6 is 0 Å². The van der Waals surface area contributed by atoms with Gasteiger partial charge in [0.1, 0.15) is 0 Å². The number of rotatable bonds is 0. The minimum absolute atomic E-state index is 0. The molecule has 4 heavy (non-hydrogen) atoms. The van der Waals surface area contributed by atoms with Crippen LogP contribution in [0.2, 0.25) is 0 Å². The molecule has 0 saturated carbocycles. The molecule has 0 aromatic rings. The molecular formula is H3AlCoNiSc. The Hall–Kier alpha value is 2.40. The fourth-order valence-electron chi connectivity index (χ4n) is 0. The average Bonchev–Trinajstić information content (AvgIpc) is 0. The van der Waals surface area contributed by atoms with E-state index in [0.717, 1.165) is 0 Å². The third-order valence-electron chi connectivity index (χ3n) is 0. The maximum atomic E-state index is 0. The molecule has 28 valence electrons. The standard InChI is InChI=1S/Al.Co.Ni.Sc.3H. The van der Waals surface area contributed by atoms with E-state index in [4.69, 9.17) is 0 Å². The Morgan fingerprint density at radius 2 is 1.00 bits per heavy atom. The van der Waals surface area contributed by atoms with Gasteiger partial charge in [-0.15, -0.1) is 0 Å². The van der Waals surface area contributed by atoms with Crippen LogP contribution in [-0.4, -0.2) is 17.4 Å². The Balaban J connectivity index is 0. The first kappa shape index (κ1) is 32.4. The fraction of sp³-hybridized carbons (Fsp3) is 0. The van der Waals surface area contributed by atoms with Gasteiger partial charge in [-0.05, 0) is 0 Å². The van der Waals surface area contributed by atoms with Crippen molar-refractivity contribution in [2.45, 2.75) is 0 Å². The Bertz CT molecular complexity index is 8.00. The second kappa shape index (κ2) is 18.1. The second-order valence-corrected chi connectivity index (χ2v) is 0. The molecule has 0 nitrogen and oxygen atoms in total. The first-order valence-electron chi connectivity index (χ1n) is 0. The Morgan fingerprint density at radius 3 is 1.00 bits per heavy atom. The predicted molar refractivity (Wildman–Crippen MR) is 9.94 cm³/mol. The van der Waals surface area contributed by atoms with Crippen LogP contribution in [0.15, 0.2) is 0 Å². The van der Waals surface area contributed by atoms with Crippen LogP contribution in [0.4, 0.5) is 0 Å². The summed E-state index contributed by atoms with van der Waals surface area (Å²) in [7, 11) is 0. The zero-order valence-electron chi connectivity index (χ0n) is 1.23. The SMILES string of the molecule is [AlH3].[Co].[Ni].[Sc]. The number of hydrogen-bond donors (Lipinski definition) is 0. The van der Waals surface area contributed by atoms with E-state index in [9.17, 15) is 0 Å². The minimum atomic E-state index is 0. The molecule has 2 radical (unpaired) electrons. The molecule has 0 amide bonds. The van der Waals surface area contributed by atoms with Gasteiger partial charge in [-0.25, -0.2) is 0 Å². The molecule has 4 heteroatoms. The van der Waals surface area contributed by atoms with Crippen LogP contribution in [0, 0.1) is 0 Å². The summed E-state index contributed by atoms with van der Waals surface area (Å²) in [6, 6.07) is 0. The molecule has 0 spiro atoms. The third kappa shape index (κ3) is 8.83. The van der Waals surface area contributed by atoms with E-state index in [-0.39, 0.29) is 76.5 Å². The van der Waals surface area contributed by atoms with Crippen molar-refractivity contribution in [1.29, 1.82) is 0 Å². The Morgan fingerprint density at radius 1 is 1.00 bits per heavy atom. The van der Waals surface area contributed by atoms with E-state index in [0.29, 0.717) is 0 Å². The van der Waals surface area contributed by atoms with Gasteiger partial charge < -0.3 is 0 Å². The van der Waals surface area contributed by atoms with Crippen LogP contribution in [0.3, 0.4) is 0 Å². The van der Waals surface area contributed by atoms with Crippen LogP contribution in [0.1, 0.15) is 0 Å². The average molecular weight is 193 g/mol. The zero-order valence-corrected chi connectivity index (χ0v) is 5.06. The van der Waals surface area contributed by atoms with E-state index in [1.807, 2.05) is 0 Å². The van der Waals surface area contributed by atoms with Gasteiger partial charge in [-0.3, -0.25) is 0 Å². The summed E-state index contributed by atoms with van der Waals surface area (Å²) in [6.07, 6.45) is 0. The Labute approximate surface area is 75.5 Å². The monoisotopic (exact) mass is 192 g/mol. The normalized spacial score (nSPS) is 0. The van der Waals surface area contributed by atoms with Crippen molar-refractivity contribution in [3.63, 3.8) is 0 Å². The second-order valence-electron chi connectivity index (χ2n) is 0. The molecule has 0 aliphatic rings. The summed E-state index contributed by atoms with van der Waals surface area (Å²) in [5.41, 5.74) is 0. The molecule has 0 heterocycles.